The maximum atomic E-state index is 12.7. The van der Waals surface area contributed by atoms with Crippen LogP contribution in [0.3, 0.4) is 0 Å². The van der Waals surface area contributed by atoms with E-state index in [-0.39, 0.29) is 17.6 Å². The highest BCUT2D eigenvalue weighted by atomic mass is 16.4. The first-order chi connectivity index (χ1) is 15.9. The minimum atomic E-state index is -1.14. The molecule has 2 N–H and O–H groups in total. The van der Waals surface area contributed by atoms with Gasteiger partial charge < -0.3 is 24.4 Å². The Bertz CT molecular complexity index is 1420. The first kappa shape index (κ1) is 20.0. The number of fused-ring (bicyclic) bond motifs is 4. The maximum absolute atomic E-state index is 12.7. The summed E-state index contributed by atoms with van der Waals surface area (Å²) in [5.41, 5.74) is 3.60. The molecule has 1 fully saturated rings. The van der Waals surface area contributed by atoms with Gasteiger partial charge in [-0.15, -0.1) is 0 Å². The Morgan fingerprint density at radius 2 is 2.03 bits per heavy atom. The number of amidine groups is 1. The minimum Gasteiger partial charge on any atom is -0.477 e. The molecule has 3 atom stereocenters. The third-order valence-corrected chi connectivity index (χ3v) is 7.06. The van der Waals surface area contributed by atoms with Crippen molar-refractivity contribution in [2.45, 2.75) is 25.5 Å². The number of hydrogen-bond acceptors (Lipinski definition) is 6. The Labute approximate surface area is 189 Å². The molecule has 0 radical (unpaired) electrons. The van der Waals surface area contributed by atoms with Crippen LogP contribution in [0.15, 0.2) is 51.5 Å². The Morgan fingerprint density at radius 3 is 2.73 bits per heavy atom. The van der Waals surface area contributed by atoms with Crippen molar-refractivity contribution in [2.75, 3.05) is 20.1 Å². The number of nitrogens with zero attached hydrogens (tertiary/aromatic N) is 3. The average molecular weight is 445 g/mol. The van der Waals surface area contributed by atoms with Gasteiger partial charge in [0, 0.05) is 24.4 Å². The van der Waals surface area contributed by atoms with Crippen LogP contribution in [0, 0.1) is 5.92 Å². The molecule has 3 aromatic rings. The highest BCUT2D eigenvalue weighted by Gasteiger charge is 2.56. The predicted molar refractivity (Wildman–Crippen MR) is 123 cm³/mol. The number of rotatable bonds is 4. The number of amides is 1. The highest BCUT2D eigenvalue weighted by Crippen LogP contribution is 2.48. The second kappa shape index (κ2) is 6.92. The van der Waals surface area contributed by atoms with Crippen LogP contribution in [0.4, 0.5) is 0 Å². The number of carboxylic acids is 1. The minimum absolute atomic E-state index is 0.00159. The number of aliphatic carboxylic acids is 1. The van der Waals surface area contributed by atoms with Crippen LogP contribution in [0.2, 0.25) is 0 Å². The molecule has 0 unspecified atom stereocenters. The van der Waals surface area contributed by atoms with E-state index in [0.29, 0.717) is 24.1 Å². The lowest BCUT2D eigenvalue weighted by atomic mass is 9.82. The van der Waals surface area contributed by atoms with Crippen LogP contribution in [-0.4, -0.2) is 70.0 Å². The number of likely N-dealkylation sites (N-methyl/N-ethyl adjacent to an activating group) is 1. The van der Waals surface area contributed by atoms with E-state index in [1.165, 1.54) is 4.90 Å². The normalized spacial score (nSPS) is 23.4. The number of carboxylic acid groups (broad SMARTS) is 1. The average Bonchev–Trinajstić information content (AvgIpc) is 3.46. The first-order valence-corrected chi connectivity index (χ1v) is 11.1. The molecule has 3 aliphatic rings. The summed E-state index contributed by atoms with van der Waals surface area (Å²) >= 11 is 0. The molecule has 0 spiro atoms. The number of aliphatic hydroxyl groups excluding tert-OH is 1. The fourth-order valence-corrected chi connectivity index (χ4v) is 5.52. The monoisotopic (exact) mass is 445 g/mol. The number of aliphatic imine (C=N–C) groups is 1. The SMILES string of the molecule is C[C@@H](O)[C@H]1C(=O)N2C(C(=O)O)=C(c3cc(C4=NCCN4C)c4oc5ccccc5c4c3)C[C@H]12. The maximum Gasteiger partial charge on any atom is 0.352 e. The lowest BCUT2D eigenvalue weighted by Gasteiger charge is -2.44. The van der Waals surface area contributed by atoms with Gasteiger partial charge in [0.25, 0.3) is 0 Å². The van der Waals surface area contributed by atoms with Gasteiger partial charge >= 0.3 is 5.97 Å². The Morgan fingerprint density at radius 1 is 1.24 bits per heavy atom. The summed E-state index contributed by atoms with van der Waals surface area (Å²) in [6.07, 6.45) is -0.447. The summed E-state index contributed by atoms with van der Waals surface area (Å²) < 4.78 is 6.22. The number of β-lactam (4-membered cyclic amide) rings is 1. The van der Waals surface area contributed by atoms with Gasteiger partial charge in [0.15, 0.2) is 0 Å². The number of hydrogen-bond donors (Lipinski definition) is 2. The van der Waals surface area contributed by atoms with Gasteiger partial charge in [-0.05, 0) is 42.7 Å². The van der Waals surface area contributed by atoms with Crippen molar-refractivity contribution in [2.24, 2.45) is 10.9 Å². The van der Waals surface area contributed by atoms with Crippen molar-refractivity contribution in [3.63, 3.8) is 0 Å². The molecule has 1 amide bonds. The fourth-order valence-electron chi connectivity index (χ4n) is 5.52. The van der Waals surface area contributed by atoms with Gasteiger partial charge in [-0.2, -0.15) is 0 Å². The third kappa shape index (κ3) is 2.70. The number of aliphatic hydroxyl groups is 1. The number of furan rings is 1. The standard InChI is InChI=1S/C25H23N3O5/c1-12(29)20-18-11-15(21(25(31)32)28(18)24(20)30)13-9-16-14-5-3-4-6-19(14)33-22(16)17(10-13)23-26-7-8-27(23)2/h3-6,9-10,12,18,20,29H,7-8,11H2,1-2H3,(H,31,32)/t12-,18-,20-/m1/s1. The summed E-state index contributed by atoms with van der Waals surface area (Å²) in [6, 6.07) is 11.3. The van der Waals surface area contributed by atoms with Crippen LogP contribution in [0.25, 0.3) is 27.5 Å². The Kier molecular flexibility index (Phi) is 4.19. The Balaban J connectivity index is 1.60. The lowest BCUT2D eigenvalue weighted by molar-refractivity contribution is -0.161. The molecule has 4 heterocycles. The van der Waals surface area contributed by atoms with Crippen molar-refractivity contribution in [1.29, 1.82) is 0 Å². The molecular weight excluding hydrogens is 422 g/mol. The largest absolute Gasteiger partial charge is 0.477 e. The summed E-state index contributed by atoms with van der Waals surface area (Å²) in [5.74, 6) is -1.26. The number of carbonyl (C=O) groups excluding carboxylic acids is 1. The summed E-state index contributed by atoms with van der Waals surface area (Å²) in [7, 11) is 1.97. The zero-order valence-corrected chi connectivity index (χ0v) is 18.3. The van der Waals surface area contributed by atoms with Crippen LogP contribution in [-0.2, 0) is 9.59 Å². The van der Waals surface area contributed by atoms with E-state index in [1.807, 2.05) is 43.4 Å². The zero-order valence-electron chi connectivity index (χ0n) is 18.3. The molecule has 1 saturated heterocycles. The predicted octanol–water partition coefficient (Wildman–Crippen LogP) is 2.69. The summed E-state index contributed by atoms with van der Waals surface area (Å²) in [4.78, 5) is 33.0. The first-order valence-electron chi connectivity index (χ1n) is 11.1. The second-order valence-corrected chi connectivity index (χ2v) is 9.00. The topological polar surface area (TPSA) is 107 Å². The number of benzene rings is 2. The van der Waals surface area contributed by atoms with E-state index in [2.05, 4.69) is 9.89 Å². The van der Waals surface area contributed by atoms with Crippen molar-refractivity contribution in [3.05, 3.63) is 53.2 Å². The van der Waals surface area contributed by atoms with E-state index < -0.39 is 18.0 Å². The molecule has 2 aromatic carbocycles. The molecule has 168 valence electrons. The van der Waals surface area contributed by atoms with Crippen molar-refractivity contribution < 1.29 is 24.2 Å². The van der Waals surface area contributed by atoms with Crippen LogP contribution in [0.1, 0.15) is 24.5 Å². The molecule has 8 nitrogen and oxygen atoms in total. The van der Waals surface area contributed by atoms with Crippen LogP contribution in [0.5, 0.6) is 0 Å². The molecule has 8 heteroatoms. The highest BCUT2D eigenvalue weighted by molar-refractivity contribution is 6.16. The lowest BCUT2D eigenvalue weighted by Crippen LogP contribution is -2.61. The van der Waals surface area contributed by atoms with Gasteiger partial charge in [0.1, 0.15) is 22.7 Å². The van der Waals surface area contributed by atoms with E-state index in [9.17, 15) is 19.8 Å². The van der Waals surface area contributed by atoms with Crippen molar-refractivity contribution in [1.82, 2.24) is 9.80 Å². The fraction of sp³-hybridized carbons (Fsp3) is 0.320. The zero-order chi connectivity index (χ0) is 23.0. The van der Waals surface area contributed by atoms with Crippen molar-refractivity contribution in [3.8, 4) is 0 Å². The molecule has 1 aromatic heterocycles. The van der Waals surface area contributed by atoms with E-state index in [0.717, 1.165) is 39.9 Å². The van der Waals surface area contributed by atoms with E-state index in [4.69, 9.17) is 4.42 Å². The van der Waals surface area contributed by atoms with E-state index >= 15 is 0 Å². The van der Waals surface area contributed by atoms with Crippen molar-refractivity contribution >= 4 is 45.2 Å². The third-order valence-electron chi connectivity index (χ3n) is 7.06. The molecular formula is C25H23N3O5. The van der Waals surface area contributed by atoms with Gasteiger partial charge in [-0.25, -0.2) is 4.79 Å². The smallest absolute Gasteiger partial charge is 0.352 e. The quantitative estimate of drug-likeness (QED) is 0.598. The number of para-hydroxylation sites is 1. The summed E-state index contributed by atoms with van der Waals surface area (Å²) in [6.45, 7) is 3.06. The van der Waals surface area contributed by atoms with Gasteiger partial charge in [-0.1, -0.05) is 18.2 Å². The molecule has 0 bridgehead atoms. The summed E-state index contributed by atoms with van der Waals surface area (Å²) in [5, 5.41) is 21.9. The number of carbonyl (C=O) groups is 2. The second-order valence-electron chi connectivity index (χ2n) is 9.00. The molecule has 33 heavy (non-hydrogen) atoms. The van der Waals surface area contributed by atoms with Crippen LogP contribution >= 0.6 is 0 Å². The van der Waals surface area contributed by atoms with E-state index in [1.54, 1.807) is 6.92 Å². The van der Waals surface area contributed by atoms with Gasteiger partial charge in [-0.3, -0.25) is 9.79 Å². The Hall–Kier alpha value is -3.65. The molecule has 0 aliphatic carbocycles. The van der Waals surface area contributed by atoms with Gasteiger partial charge in [0.05, 0.1) is 30.2 Å². The molecule has 3 aliphatic heterocycles. The molecule has 0 saturated carbocycles. The molecule has 6 rings (SSSR count). The van der Waals surface area contributed by atoms with Gasteiger partial charge in [0.2, 0.25) is 5.91 Å². The van der Waals surface area contributed by atoms with Crippen LogP contribution < -0.4 is 0 Å².